The van der Waals surface area contributed by atoms with Crippen LogP contribution in [0.4, 0.5) is 0 Å². The summed E-state index contributed by atoms with van der Waals surface area (Å²) in [6.07, 6.45) is 0. The average molecular weight is 412 g/mol. The second kappa shape index (κ2) is 7.06. The molecule has 0 fully saturated rings. The fourth-order valence-corrected chi connectivity index (χ4v) is 3.44. The number of methoxy groups -OCH3 is 2. The highest BCUT2D eigenvalue weighted by molar-refractivity contribution is 7.86. The number of hydrogen-bond donors (Lipinski definition) is 2. The Morgan fingerprint density at radius 1 is 1.07 bits per heavy atom. The van der Waals surface area contributed by atoms with Gasteiger partial charge in [-0.1, -0.05) is 28.8 Å². The molecule has 0 spiro atoms. The lowest BCUT2D eigenvalue weighted by molar-refractivity contribution is 0.383. The molecule has 0 bridgehead atoms. The predicted octanol–water partition coefficient (Wildman–Crippen LogP) is 2.56. The molecule has 0 amide bonds. The lowest BCUT2D eigenvalue weighted by atomic mass is 10.1. The molecular weight excluding hydrogens is 398 g/mol. The SMILES string of the molecule is COc1cc(OC)c(S(=O)(=O)O)cc1-c1nnc(O)n1-c1ccccc1Cl. The molecule has 0 radical (unpaired) electrons. The molecule has 2 aromatic carbocycles. The van der Waals surface area contributed by atoms with Crippen molar-refractivity contribution in [2.75, 3.05) is 14.2 Å². The van der Waals surface area contributed by atoms with Gasteiger partial charge in [0.15, 0.2) is 5.82 Å². The van der Waals surface area contributed by atoms with Gasteiger partial charge in [-0.05, 0) is 18.2 Å². The maximum Gasteiger partial charge on any atom is 0.319 e. The van der Waals surface area contributed by atoms with Crippen molar-refractivity contribution in [3.05, 3.63) is 41.4 Å². The summed E-state index contributed by atoms with van der Waals surface area (Å²) in [7, 11) is -1.99. The van der Waals surface area contributed by atoms with Crippen molar-refractivity contribution >= 4 is 21.7 Å². The molecule has 0 unspecified atom stereocenters. The van der Waals surface area contributed by atoms with Gasteiger partial charge < -0.3 is 14.6 Å². The Bertz CT molecular complexity index is 1110. The first-order chi connectivity index (χ1) is 12.8. The van der Waals surface area contributed by atoms with E-state index in [1.165, 1.54) is 24.9 Å². The summed E-state index contributed by atoms with van der Waals surface area (Å²) in [5.74, 6) is 0.107. The molecule has 2 N–H and O–H groups in total. The second-order valence-electron chi connectivity index (χ2n) is 5.29. The lowest BCUT2D eigenvalue weighted by Gasteiger charge is -2.14. The third-order valence-corrected chi connectivity index (χ3v) is 4.94. The summed E-state index contributed by atoms with van der Waals surface area (Å²) in [5.41, 5.74) is 0.501. The van der Waals surface area contributed by atoms with E-state index in [0.29, 0.717) is 10.7 Å². The zero-order valence-corrected chi connectivity index (χ0v) is 15.7. The molecule has 0 aliphatic rings. The van der Waals surface area contributed by atoms with Crippen LogP contribution in [0.25, 0.3) is 17.1 Å². The first kappa shape index (κ1) is 19.0. The number of benzene rings is 2. The van der Waals surface area contributed by atoms with Crippen LogP contribution >= 0.6 is 11.6 Å². The first-order valence-electron chi connectivity index (χ1n) is 7.41. The Labute approximate surface area is 159 Å². The maximum atomic E-state index is 11.7. The van der Waals surface area contributed by atoms with Crippen LogP contribution in [0, 0.1) is 0 Å². The normalized spacial score (nSPS) is 11.4. The van der Waals surface area contributed by atoms with E-state index in [1.54, 1.807) is 24.3 Å². The highest BCUT2D eigenvalue weighted by Crippen LogP contribution is 2.39. The van der Waals surface area contributed by atoms with Crippen LogP contribution in [0.3, 0.4) is 0 Å². The van der Waals surface area contributed by atoms with Gasteiger partial charge in [0.25, 0.3) is 10.1 Å². The number of halogens is 1. The molecule has 142 valence electrons. The molecular formula is C16H14ClN3O6S. The minimum atomic E-state index is -4.61. The number of nitrogens with zero attached hydrogens (tertiary/aromatic N) is 3. The molecule has 0 saturated heterocycles. The van der Waals surface area contributed by atoms with Gasteiger partial charge in [-0.25, -0.2) is 4.57 Å². The van der Waals surface area contributed by atoms with Crippen molar-refractivity contribution in [3.8, 4) is 34.6 Å². The summed E-state index contributed by atoms with van der Waals surface area (Å²) in [6.45, 7) is 0. The van der Waals surface area contributed by atoms with Gasteiger partial charge in [0.05, 0.1) is 30.5 Å². The van der Waals surface area contributed by atoms with Crippen LogP contribution in [-0.2, 0) is 10.1 Å². The van der Waals surface area contributed by atoms with Gasteiger partial charge in [-0.15, -0.1) is 5.10 Å². The topological polar surface area (TPSA) is 124 Å². The number of aromatic hydroxyl groups is 1. The molecule has 1 heterocycles. The molecule has 1 aromatic heterocycles. The van der Waals surface area contributed by atoms with E-state index < -0.39 is 21.0 Å². The largest absolute Gasteiger partial charge is 0.496 e. The van der Waals surface area contributed by atoms with E-state index in [9.17, 15) is 18.1 Å². The van der Waals surface area contributed by atoms with Gasteiger partial charge in [0.1, 0.15) is 16.4 Å². The van der Waals surface area contributed by atoms with Crippen LogP contribution in [-0.4, -0.2) is 47.1 Å². The van der Waals surface area contributed by atoms with Gasteiger partial charge >= 0.3 is 6.01 Å². The van der Waals surface area contributed by atoms with Gasteiger partial charge in [-0.3, -0.25) is 4.55 Å². The van der Waals surface area contributed by atoms with Crippen LogP contribution in [0.5, 0.6) is 17.5 Å². The highest BCUT2D eigenvalue weighted by Gasteiger charge is 2.25. The second-order valence-corrected chi connectivity index (χ2v) is 7.09. The Balaban J connectivity index is 2.35. The number of aromatic nitrogens is 3. The summed E-state index contributed by atoms with van der Waals surface area (Å²) in [5, 5.41) is 18.0. The molecule has 9 nitrogen and oxygen atoms in total. The predicted molar refractivity (Wildman–Crippen MR) is 96.4 cm³/mol. The molecule has 27 heavy (non-hydrogen) atoms. The Kier molecular flexibility index (Phi) is 4.96. The monoisotopic (exact) mass is 411 g/mol. The van der Waals surface area contributed by atoms with Crippen molar-refractivity contribution in [2.45, 2.75) is 4.90 Å². The van der Waals surface area contributed by atoms with Gasteiger partial charge in [-0.2, -0.15) is 8.42 Å². The van der Waals surface area contributed by atoms with E-state index in [-0.39, 0.29) is 22.9 Å². The van der Waals surface area contributed by atoms with Crippen LogP contribution in [0.2, 0.25) is 5.02 Å². The lowest BCUT2D eigenvalue weighted by Crippen LogP contribution is -2.05. The minimum absolute atomic E-state index is 0.0463. The van der Waals surface area contributed by atoms with E-state index in [4.69, 9.17) is 21.1 Å². The van der Waals surface area contributed by atoms with Crippen molar-refractivity contribution in [3.63, 3.8) is 0 Å². The highest BCUT2D eigenvalue weighted by atomic mass is 35.5. The third-order valence-electron chi connectivity index (χ3n) is 3.74. The number of rotatable bonds is 5. The van der Waals surface area contributed by atoms with Crippen molar-refractivity contribution in [1.29, 1.82) is 0 Å². The molecule has 3 aromatic rings. The summed E-state index contributed by atoms with van der Waals surface area (Å²) in [6, 6.07) is 8.55. The average Bonchev–Trinajstić information content (AvgIpc) is 3.01. The van der Waals surface area contributed by atoms with Crippen molar-refractivity contribution in [2.24, 2.45) is 0 Å². The zero-order chi connectivity index (χ0) is 19.8. The van der Waals surface area contributed by atoms with E-state index >= 15 is 0 Å². The van der Waals surface area contributed by atoms with Crippen LogP contribution in [0.1, 0.15) is 0 Å². The van der Waals surface area contributed by atoms with Crippen LogP contribution in [0.15, 0.2) is 41.3 Å². The number of hydrogen-bond acceptors (Lipinski definition) is 7. The Morgan fingerprint density at radius 2 is 1.74 bits per heavy atom. The van der Waals surface area contributed by atoms with E-state index in [0.717, 1.165) is 6.07 Å². The number of ether oxygens (including phenoxy) is 2. The fourth-order valence-electron chi connectivity index (χ4n) is 2.55. The van der Waals surface area contributed by atoms with E-state index in [2.05, 4.69) is 10.2 Å². The molecule has 0 aliphatic carbocycles. The van der Waals surface area contributed by atoms with Gasteiger partial charge in [0, 0.05) is 6.07 Å². The smallest absolute Gasteiger partial charge is 0.319 e. The fraction of sp³-hybridized carbons (Fsp3) is 0.125. The van der Waals surface area contributed by atoms with Crippen LogP contribution < -0.4 is 9.47 Å². The van der Waals surface area contributed by atoms with Crippen molar-refractivity contribution in [1.82, 2.24) is 14.8 Å². The molecule has 0 saturated carbocycles. The molecule has 11 heteroatoms. The molecule has 0 atom stereocenters. The summed E-state index contributed by atoms with van der Waals surface area (Å²) in [4.78, 5) is -0.492. The molecule has 0 aliphatic heterocycles. The van der Waals surface area contributed by atoms with E-state index in [1.807, 2.05) is 0 Å². The maximum absolute atomic E-state index is 11.7. The first-order valence-corrected chi connectivity index (χ1v) is 9.23. The summed E-state index contributed by atoms with van der Waals surface area (Å²) < 4.78 is 44.5. The third kappa shape index (κ3) is 3.42. The zero-order valence-electron chi connectivity index (χ0n) is 14.1. The standard InChI is InChI=1S/C16H14ClN3O6S/c1-25-12-8-13(26-2)14(27(22,23)24)7-9(12)15-18-19-16(21)20(15)11-6-4-3-5-10(11)17/h3-8H,1-2H3,(H,19,21)(H,22,23,24). The minimum Gasteiger partial charge on any atom is -0.496 e. The quantitative estimate of drug-likeness (QED) is 0.614. The number of para-hydroxylation sites is 1. The Morgan fingerprint density at radius 3 is 2.33 bits per heavy atom. The Hall–Kier alpha value is -2.82. The van der Waals surface area contributed by atoms with Gasteiger partial charge in [0.2, 0.25) is 0 Å². The molecule has 3 rings (SSSR count). The van der Waals surface area contributed by atoms with Crippen molar-refractivity contribution < 1.29 is 27.6 Å². The summed E-state index contributed by atoms with van der Waals surface area (Å²) >= 11 is 6.20.